The zero-order valence-corrected chi connectivity index (χ0v) is 9.98. The Kier molecular flexibility index (Phi) is 2.86. The summed E-state index contributed by atoms with van der Waals surface area (Å²) in [5.41, 5.74) is 7.14. The first-order valence-electron chi connectivity index (χ1n) is 5.71. The summed E-state index contributed by atoms with van der Waals surface area (Å²) < 4.78 is 10.9. The molecule has 3 rings (SSSR count). The van der Waals surface area contributed by atoms with E-state index in [1.807, 2.05) is 36.4 Å². The first-order valence-corrected chi connectivity index (χ1v) is 5.71. The fourth-order valence-electron chi connectivity index (χ4n) is 1.66. The Balaban J connectivity index is 1.85. The minimum Gasteiger partial charge on any atom is -0.457 e. The highest BCUT2D eigenvalue weighted by atomic mass is 16.5. The smallest absolute Gasteiger partial charge is 0.247 e. The number of rotatable bonds is 3. The molecule has 0 atom stereocenters. The largest absolute Gasteiger partial charge is 0.457 e. The van der Waals surface area contributed by atoms with Crippen LogP contribution in [0.25, 0.3) is 11.5 Å². The van der Waals surface area contributed by atoms with Crippen molar-refractivity contribution in [2.45, 2.75) is 0 Å². The summed E-state index contributed by atoms with van der Waals surface area (Å²) in [6, 6.07) is 14.6. The molecule has 0 saturated carbocycles. The van der Waals surface area contributed by atoms with E-state index in [9.17, 15) is 0 Å². The molecule has 0 aliphatic carbocycles. The second kappa shape index (κ2) is 4.81. The molecule has 0 amide bonds. The van der Waals surface area contributed by atoms with Crippen LogP contribution in [0, 0.1) is 0 Å². The maximum Gasteiger partial charge on any atom is 0.247 e. The normalized spacial score (nSPS) is 10.3. The maximum atomic E-state index is 5.73. The van der Waals surface area contributed by atoms with Crippen LogP contribution in [-0.4, -0.2) is 10.2 Å². The van der Waals surface area contributed by atoms with Crippen LogP contribution in [0.4, 0.5) is 5.69 Å². The van der Waals surface area contributed by atoms with E-state index >= 15 is 0 Å². The number of hydrogen-bond donors (Lipinski definition) is 1. The average Bonchev–Trinajstić information content (AvgIpc) is 2.96. The quantitative estimate of drug-likeness (QED) is 0.726. The number of nitrogens with two attached hydrogens (primary N) is 1. The monoisotopic (exact) mass is 253 g/mol. The molecule has 0 spiro atoms. The van der Waals surface area contributed by atoms with Gasteiger partial charge in [0.1, 0.15) is 11.5 Å². The number of anilines is 1. The lowest BCUT2D eigenvalue weighted by Gasteiger charge is -2.06. The minimum absolute atomic E-state index is 0.461. The van der Waals surface area contributed by atoms with Gasteiger partial charge in [-0.05, 0) is 42.5 Å². The van der Waals surface area contributed by atoms with Crippen LogP contribution in [0.1, 0.15) is 0 Å². The third-order valence-electron chi connectivity index (χ3n) is 2.56. The summed E-state index contributed by atoms with van der Waals surface area (Å²) in [4.78, 5) is 0. The number of aromatic nitrogens is 2. The fraction of sp³-hybridized carbons (Fsp3) is 0. The Morgan fingerprint density at radius 3 is 2.58 bits per heavy atom. The summed E-state index contributed by atoms with van der Waals surface area (Å²) in [6.07, 6.45) is 1.29. The van der Waals surface area contributed by atoms with E-state index < -0.39 is 0 Å². The van der Waals surface area contributed by atoms with Crippen LogP contribution in [0.5, 0.6) is 11.5 Å². The highest BCUT2D eigenvalue weighted by Gasteiger charge is 2.05. The van der Waals surface area contributed by atoms with Crippen molar-refractivity contribution in [1.29, 1.82) is 0 Å². The van der Waals surface area contributed by atoms with Crippen molar-refractivity contribution in [2.75, 3.05) is 5.73 Å². The van der Waals surface area contributed by atoms with Gasteiger partial charge in [-0.3, -0.25) is 0 Å². The predicted octanol–water partition coefficient (Wildman–Crippen LogP) is 3.11. The van der Waals surface area contributed by atoms with Crippen LogP contribution in [0.3, 0.4) is 0 Å². The number of nitrogens with zero attached hydrogens (tertiary/aromatic N) is 2. The molecule has 2 N–H and O–H groups in total. The second-order valence-electron chi connectivity index (χ2n) is 3.94. The van der Waals surface area contributed by atoms with Gasteiger partial charge >= 0.3 is 0 Å². The third kappa shape index (κ3) is 2.55. The number of nitrogen functional groups attached to an aromatic ring is 1. The summed E-state index contributed by atoms with van der Waals surface area (Å²) in [6.45, 7) is 0. The Morgan fingerprint density at radius 2 is 1.84 bits per heavy atom. The van der Waals surface area contributed by atoms with Crippen molar-refractivity contribution in [2.24, 2.45) is 0 Å². The molecule has 0 saturated heterocycles. The Hall–Kier alpha value is -2.82. The third-order valence-corrected chi connectivity index (χ3v) is 2.56. The van der Waals surface area contributed by atoms with Crippen LogP contribution in [-0.2, 0) is 0 Å². The van der Waals surface area contributed by atoms with Gasteiger partial charge in [0.05, 0.1) is 0 Å². The van der Waals surface area contributed by atoms with Crippen molar-refractivity contribution in [1.82, 2.24) is 10.2 Å². The topological polar surface area (TPSA) is 74.2 Å². The molecule has 1 aromatic heterocycles. The Bertz CT molecular complexity index is 663. The van der Waals surface area contributed by atoms with E-state index in [0.717, 1.165) is 11.3 Å². The van der Waals surface area contributed by atoms with Crippen molar-refractivity contribution >= 4 is 5.69 Å². The summed E-state index contributed by atoms with van der Waals surface area (Å²) in [7, 11) is 0. The minimum atomic E-state index is 0.461. The molecule has 0 aliphatic heterocycles. The summed E-state index contributed by atoms with van der Waals surface area (Å²) >= 11 is 0. The number of benzene rings is 2. The number of hydrogen-bond acceptors (Lipinski definition) is 5. The highest BCUT2D eigenvalue weighted by Crippen LogP contribution is 2.26. The van der Waals surface area contributed by atoms with Crippen LogP contribution in [0.15, 0.2) is 59.3 Å². The van der Waals surface area contributed by atoms with Gasteiger partial charge in [-0.25, -0.2) is 0 Å². The van der Waals surface area contributed by atoms with Crippen molar-refractivity contribution in [3.05, 3.63) is 54.9 Å². The molecule has 3 aromatic rings. The zero-order chi connectivity index (χ0) is 13.1. The standard InChI is InChI=1S/C14H11N3O2/c15-11-4-6-12(7-5-11)19-13-3-1-2-10(8-13)14-17-16-9-18-14/h1-9H,15H2. The lowest BCUT2D eigenvalue weighted by Crippen LogP contribution is -1.87. The molecule has 0 radical (unpaired) electrons. The lowest BCUT2D eigenvalue weighted by molar-refractivity contribution is 0.482. The number of ether oxygens (including phenoxy) is 1. The Morgan fingerprint density at radius 1 is 1.00 bits per heavy atom. The van der Waals surface area contributed by atoms with Crippen LogP contribution < -0.4 is 10.5 Å². The molecule has 0 bridgehead atoms. The zero-order valence-electron chi connectivity index (χ0n) is 9.98. The molecule has 19 heavy (non-hydrogen) atoms. The average molecular weight is 253 g/mol. The van der Waals surface area contributed by atoms with Crippen LogP contribution >= 0.6 is 0 Å². The van der Waals surface area contributed by atoms with Gasteiger partial charge in [0.2, 0.25) is 12.3 Å². The van der Waals surface area contributed by atoms with Gasteiger partial charge < -0.3 is 14.9 Å². The predicted molar refractivity (Wildman–Crippen MR) is 70.7 cm³/mol. The van der Waals surface area contributed by atoms with Crippen molar-refractivity contribution in [3.63, 3.8) is 0 Å². The Labute approximate surface area is 109 Å². The summed E-state index contributed by atoms with van der Waals surface area (Å²) in [5, 5.41) is 7.51. The maximum absolute atomic E-state index is 5.73. The molecule has 5 nitrogen and oxygen atoms in total. The van der Waals surface area contributed by atoms with Crippen molar-refractivity contribution in [3.8, 4) is 23.0 Å². The molecular formula is C14H11N3O2. The highest BCUT2D eigenvalue weighted by molar-refractivity contribution is 5.55. The lowest BCUT2D eigenvalue weighted by atomic mass is 10.2. The molecule has 0 fully saturated rings. The van der Waals surface area contributed by atoms with E-state index in [1.165, 1.54) is 6.39 Å². The fourth-order valence-corrected chi connectivity index (χ4v) is 1.66. The van der Waals surface area contributed by atoms with Gasteiger partial charge in [0, 0.05) is 11.3 Å². The summed E-state index contributed by atoms with van der Waals surface area (Å²) in [5.74, 6) is 1.88. The van der Waals surface area contributed by atoms with E-state index in [2.05, 4.69) is 10.2 Å². The van der Waals surface area contributed by atoms with E-state index in [4.69, 9.17) is 14.9 Å². The van der Waals surface area contributed by atoms with Gasteiger partial charge in [-0.15, -0.1) is 10.2 Å². The van der Waals surface area contributed by atoms with Gasteiger partial charge in [-0.2, -0.15) is 0 Å². The van der Waals surface area contributed by atoms with Gasteiger partial charge in [0.25, 0.3) is 0 Å². The molecule has 2 aromatic carbocycles. The molecular weight excluding hydrogens is 242 g/mol. The van der Waals surface area contributed by atoms with Crippen LogP contribution in [0.2, 0.25) is 0 Å². The molecule has 94 valence electrons. The first-order chi connectivity index (χ1) is 9.31. The molecule has 5 heteroatoms. The SMILES string of the molecule is Nc1ccc(Oc2cccc(-c3nnco3)c2)cc1. The molecule has 0 unspecified atom stereocenters. The van der Waals surface area contributed by atoms with E-state index in [-0.39, 0.29) is 0 Å². The van der Waals surface area contributed by atoms with E-state index in [1.54, 1.807) is 12.1 Å². The molecule has 1 heterocycles. The van der Waals surface area contributed by atoms with Gasteiger partial charge in [-0.1, -0.05) is 6.07 Å². The first kappa shape index (κ1) is 11.3. The second-order valence-corrected chi connectivity index (χ2v) is 3.94. The molecule has 0 aliphatic rings. The van der Waals surface area contributed by atoms with Crippen molar-refractivity contribution < 1.29 is 9.15 Å². The van der Waals surface area contributed by atoms with Gasteiger partial charge in [0.15, 0.2) is 0 Å². The van der Waals surface area contributed by atoms with E-state index in [0.29, 0.717) is 17.3 Å².